The van der Waals surface area contributed by atoms with Gasteiger partial charge in [-0.3, -0.25) is 0 Å². The number of hydrogen-bond acceptors (Lipinski definition) is 4. The van der Waals surface area contributed by atoms with Crippen molar-refractivity contribution in [2.24, 2.45) is 0 Å². The first-order valence-corrected chi connectivity index (χ1v) is 24.3. The fraction of sp³-hybridized carbons (Fsp3) is 0. The van der Waals surface area contributed by atoms with Gasteiger partial charge in [-0.15, -0.1) is 0 Å². The summed E-state index contributed by atoms with van der Waals surface area (Å²) in [7, 11) is 0. The average molecular weight is 917 g/mol. The van der Waals surface area contributed by atoms with Gasteiger partial charge in [0.15, 0.2) is 5.82 Å². The lowest BCUT2D eigenvalue weighted by molar-refractivity contribution is 1.16. The normalized spacial score (nSPS) is 12.3. The first-order chi connectivity index (χ1) is 35.7. The molecular formula is C65H41BN6. The van der Waals surface area contributed by atoms with Crippen LogP contribution in [-0.2, 0) is 0 Å². The molecule has 10 aromatic carbocycles. The van der Waals surface area contributed by atoms with Crippen molar-refractivity contribution in [3.8, 4) is 50.7 Å². The molecule has 334 valence electrons. The molecule has 2 aliphatic heterocycles. The van der Waals surface area contributed by atoms with Gasteiger partial charge in [0.1, 0.15) is 0 Å². The Morgan fingerprint density at radius 1 is 0.361 bits per heavy atom. The van der Waals surface area contributed by atoms with Crippen molar-refractivity contribution in [3.05, 3.63) is 260 Å². The molecule has 0 N–H and O–H groups in total. The molecular weight excluding hydrogens is 876 g/mol. The molecule has 6 nitrogen and oxygen atoms in total. The van der Waals surface area contributed by atoms with Crippen LogP contribution in [0.2, 0.25) is 0 Å². The van der Waals surface area contributed by atoms with Crippen LogP contribution in [0.15, 0.2) is 249 Å². The van der Waals surface area contributed by atoms with Crippen molar-refractivity contribution < 1.29 is 0 Å². The van der Waals surface area contributed by atoms with Crippen LogP contribution in [0.1, 0.15) is 0 Å². The lowest BCUT2D eigenvalue weighted by Gasteiger charge is -2.44. The smallest absolute Gasteiger partial charge is 0.252 e. The van der Waals surface area contributed by atoms with Crippen LogP contribution in [0.25, 0.3) is 77.4 Å². The van der Waals surface area contributed by atoms with Gasteiger partial charge in [-0.05, 0) is 106 Å². The first kappa shape index (κ1) is 41.2. The van der Waals surface area contributed by atoms with Crippen molar-refractivity contribution >= 4 is 84.7 Å². The Labute approximate surface area is 417 Å². The van der Waals surface area contributed by atoms with Crippen molar-refractivity contribution in [2.75, 3.05) is 9.80 Å². The Balaban J connectivity index is 0.977. The van der Waals surface area contributed by atoms with Crippen LogP contribution in [0.3, 0.4) is 0 Å². The molecule has 0 atom stereocenters. The fourth-order valence-corrected chi connectivity index (χ4v) is 11.2. The van der Waals surface area contributed by atoms with Gasteiger partial charge in [0, 0.05) is 61.6 Å². The second-order valence-electron chi connectivity index (χ2n) is 18.4. The number of para-hydroxylation sites is 5. The van der Waals surface area contributed by atoms with E-state index in [0.29, 0.717) is 11.5 Å². The number of benzene rings is 10. The van der Waals surface area contributed by atoms with Gasteiger partial charge in [-0.25, -0.2) is 14.8 Å². The predicted molar refractivity (Wildman–Crippen MR) is 298 cm³/mol. The molecule has 0 fully saturated rings. The molecule has 4 heterocycles. The minimum absolute atomic E-state index is 0.0281. The topological polar surface area (TPSA) is 41.6 Å². The van der Waals surface area contributed by atoms with Crippen LogP contribution < -0.4 is 26.2 Å². The van der Waals surface area contributed by atoms with Crippen molar-refractivity contribution in [3.63, 3.8) is 0 Å². The third kappa shape index (κ3) is 6.58. The zero-order valence-electron chi connectivity index (χ0n) is 38.9. The van der Waals surface area contributed by atoms with Gasteiger partial charge >= 0.3 is 0 Å². The summed E-state index contributed by atoms with van der Waals surface area (Å²) < 4.78 is 2.24. The van der Waals surface area contributed by atoms with E-state index < -0.39 is 0 Å². The summed E-state index contributed by atoms with van der Waals surface area (Å²) in [5.74, 6) is 0.592. The highest BCUT2D eigenvalue weighted by atomic mass is 15.2. The van der Waals surface area contributed by atoms with E-state index >= 15 is 0 Å². The number of hydrogen-bond donors (Lipinski definition) is 0. The standard InChI is InChI=1S/C65H41BN6/c1-67-54-36-34-46(65-68-55(43-20-6-2-7-21-43)42-56(69-65)44-22-8-3-9-23-44)39-61(54)72-57-31-17-14-28-50(57)51-38-45(35-37-58(51)72)47-40-62-64-63(41-47)71(49-26-12-5-13-27-49)60-33-19-16-30-53(60)66(64)52-29-15-18-32-59(52)70(62)48-24-10-4-11-25-48/h2-42H. The molecule has 0 amide bonds. The Morgan fingerprint density at radius 3 is 1.43 bits per heavy atom. The number of aromatic nitrogens is 3. The Morgan fingerprint density at radius 2 is 0.847 bits per heavy atom. The maximum Gasteiger partial charge on any atom is 0.252 e. The summed E-state index contributed by atoms with van der Waals surface area (Å²) in [4.78, 5) is 19.4. The third-order valence-corrected chi connectivity index (χ3v) is 14.4. The molecule has 0 saturated heterocycles. The summed E-state index contributed by atoms with van der Waals surface area (Å²) in [5, 5.41) is 2.20. The molecule has 0 aliphatic carbocycles. The molecule has 0 bridgehead atoms. The molecule has 2 aliphatic rings. The van der Waals surface area contributed by atoms with Crippen LogP contribution in [0.5, 0.6) is 0 Å². The molecule has 0 unspecified atom stereocenters. The predicted octanol–water partition coefficient (Wildman–Crippen LogP) is 14.9. The molecule has 12 aromatic rings. The summed E-state index contributed by atoms with van der Waals surface area (Å²) >= 11 is 0. The van der Waals surface area contributed by atoms with Crippen LogP contribution in [-0.4, -0.2) is 21.2 Å². The molecule has 14 rings (SSSR count). The van der Waals surface area contributed by atoms with E-state index in [0.717, 1.165) is 89.4 Å². The second kappa shape index (κ2) is 16.7. The zero-order chi connectivity index (χ0) is 47.7. The van der Waals surface area contributed by atoms with E-state index in [1.165, 1.54) is 27.8 Å². The first-order valence-electron chi connectivity index (χ1n) is 24.3. The van der Waals surface area contributed by atoms with E-state index in [2.05, 4.69) is 219 Å². The summed E-state index contributed by atoms with van der Waals surface area (Å²) in [6, 6.07) is 88.0. The molecule has 0 saturated carbocycles. The monoisotopic (exact) mass is 916 g/mol. The minimum atomic E-state index is 0.0281. The number of rotatable bonds is 7. The van der Waals surface area contributed by atoms with Gasteiger partial charge in [-0.2, -0.15) is 0 Å². The van der Waals surface area contributed by atoms with Gasteiger partial charge in [0.05, 0.1) is 34.7 Å². The van der Waals surface area contributed by atoms with Crippen LogP contribution in [0, 0.1) is 6.57 Å². The number of nitrogens with zero attached hydrogens (tertiary/aromatic N) is 6. The molecule has 0 radical (unpaired) electrons. The van der Waals surface area contributed by atoms with Crippen LogP contribution in [0.4, 0.5) is 39.8 Å². The van der Waals surface area contributed by atoms with E-state index in [4.69, 9.17) is 16.5 Å². The second-order valence-corrected chi connectivity index (χ2v) is 18.4. The summed E-state index contributed by atoms with van der Waals surface area (Å²) in [6.45, 7) is 8.50. The maximum atomic E-state index is 8.47. The molecule has 7 heteroatoms. The highest BCUT2D eigenvalue weighted by molar-refractivity contribution is 7.00. The van der Waals surface area contributed by atoms with Crippen molar-refractivity contribution in [1.82, 2.24) is 14.5 Å². The van der Waals surface area contributed by atoms with E-state index in [1.54, 1.807) is 0 Å². The third-order valence-electron chi connectivity index (χ3n) is 14.4. The quantitative estimate of drug-likeness (QED) is 0.118. The van der Waals surface area contributed by atoms with Gasteiger partial charge in [-0.1, -0.05) is 170 Å². The molecule has 0 spiro atoms. The SMILES string of the molecule is [C-]#[N+]c1ccc(-c2nc(-c3ccccc3)cc(-c3ccccc3)n2)cc1-n1c2ccccc2c2cc(-c3cc4c5c(c3)N(c3ccccc3)c3ccccc3B5c3ccccc3N4c3ccccc3)ccc21. The number of fused-ring (bicyclic) bond motifs is 7. The van der Waals surface area contributed by atoms with Gasteiger partial charge < -0.3 is 14.4 Å². The number of anilines is 6. The highest BCUT2D eigenvalue weighted by Crippen LogP contribution is 2.47. The Hall–Kier alpha value is -9.77. The van der Waals surface area contributed by atoms with E-state index in [-0.39, 0.29) is 6.71 Å². The van der Waals surface area contributed by atoms with Gasteiger partial charge in [0.2, 0.25) is 5.69 Å². The van der Waals surface area contributed by atoms with Gasteiger partial charge in [0.25, 0.3) is 6.71 Å². The van der Waals surface area contributed by atoms with Crippen molar-refractivity contribution in [1.29, 1.82) is 0 Å². The maximum absolute atomic E-state index is 8.47. The minimum Gasteiger partial charge on any atom is -0.319 e. The molecule has 2 aromatic heterocycles. The van der Waals surface area contributed by atoms with E-state index in [1.807, 2.05) is 48.5 Å². The van der Waals surface area contributed by atoms with Crippen molar-refractivity contribution in [2.45, 2.75) is 0 Å². The fourth-order valence-electron chi connectivity index (χ4n) is 11.2. The van der Waals surface area contributed by atoms with E-state index in [9.17, 15) is 0 Å². The molecule has 72 heavy (non-hydrogen) atoms. The Kier molecular flexibility index (Phi) is 9.58. The Bertz CT molecular complexity index is 3960. The lowest BCUT2D eigenvalue weighted by atomic mass is 9.33. The lowest BCUT2D eigenvalue weighted by Crippen LogP contribution is -2.61. The zero-order valence-corrected chi connectivity index (χ0v) is 38.9. The van der Waals surface area contributed by atoms with Crippen LogP contribution >= 0.6 is 0 Å². The highest BCUT2D eigenvalue weighted by Gasteiger charge is 2.43. The summed E-state index contributed by atoms with van der Waals surface area (Å²) in [5.41, 5.74) is 20.8. The average Bonchev–Trinajstić information content (AvgIpc) is 3.79. The largest absolute Gasteiger partial charge is 0.319 e. The summed E-state index contributed by atoms with van der Waals surface area (Å²) in [6.07, 6.45) is 0.